The fourth-order valence-corrected chi connectivity index (χ4v) is 2.75. The molecule has 0 radical (unpaired) electrons. The maximum absolute atomic E-state index is 5.33. The Morgan fingerprint density at radius 3 is 2.78 bits per heavy atom. The highest BCUT2D eigenvalue weighted by atomic mass is 32.1. The highest BCUT2D eigenvalue weighted by Crippen LogP contribution is 2.15. The van der Waals surface area contributed by atoms with Crippen molar-refractivity contribution >= 4 is 11.3 Å². The average Bonchev–Trinajstić information content (AvgIpc) is 2.90. The number of nitrogens with one attached hydrogen (secondary N) is 1. The van der Waals surface area contributed by atoms with E-state index in [0.717, 1.165) is 13.0 Å². The molecule has 0 aliphatic heterocycles. The van der Waals surface area contributed by atoms with Crippen molar-refractivity contribution < 1.29 is 4.74 Å². The van der Waals surface area contributed by atoms with Gasteiger partial charge in [-0.15, -0.1) is 11.3 Å². The van der Waals surface area contributed by atoms with E-state index in [2.05, 4.69) is 36.7 Å². The molecule has 0 fully saturated rings. The number of rotatable bonds is 10. The van der Waals surface area contributed by atoms with Crippen molar-refractivity contribution in [2.24, 2.45) is 0 Å². The van der Waals surface area contributed by atoms with E-state index in [1.54, 1.807) is 7.11 Å². The van der Waals surface area contributed by atoms with E-state index in [1.165, 1.54) is 30.6 Å². The molecule has 1 aromatic heterocycles. The highest BCUT2D eigenvalue weighted by Gasteiger charge is 2.10. The second kappa shape index (κ2) is 9.54. The van der Waals surface area contributed by atoms with Crippen LogP contribution in [0.25, 0.3) is 0 Å². The Labute approximate surface area is 116 Å². The molecular weight excluding hydrogens is 242 g/mol. The number of aryl methyl sites for hydroxylation is 1. The molecule has 1 N–H and O–H groups in total. The molecule has 0 aliphatic carbocycles. The van der Waals surface area contributed by atoms with Crippen LogP contribution in [0.2, 0.25) is 0 Å². The SMILES string of the molecule is CCCNC(CCc1cccs1)CCC(C)OC. The Morgan fingerprint density at radius 1 is 1.33 bits per heavy atom. The molecular formula is C15H27NOS. The maximum Gasteiger partial charge on any atom is 0.0543 e. The maximum atomic E-state index is 5.33. The van der Waals surface area contributed by atoms with Gasteiger partial charge < -0.3 is 10.1 Å². The molecule has 2 nitrogen and oxygen atoms in total. The zero-order valence-corrected chi connectivity index (χ0v) is 12.8. The molecule has 1 rings (SSSR count). The molecule has 0 amide bonds. The third kappa shape index (κ3) is 6.53. The molecule has 3 heteroatoms. The molecule has 2 atom stereocenters. The van der Waals surface area contributed by atoms with E-state index >= 15 is 0 Å². The lowest BCUT2D eigenvalue weighted by molar-refractivity contribution is 0.105. The Bertz CT molecular complexity index is 287. The molecule has 0 saturated heterocycles. The second-order valence-corrected chi connectivity index (χ2v) is 5.93. The summed E-state index contributed by atoms with van der Waals surface area (Å²) in [7, 11) is 1.80. The van der Waals surface area contributed by atoms with Crippen LogP contribution in [0, 0.1) is 0 Å². The van der Waals surface area contributed by atoms with Crippen LogP contribution in [0.3, 0.4) is 0 Å². The number of hydrogen-bond donors (Lipinski definition) is 1. The average molecular weight is 269 g/mol. The lowest BCUT2D eigenvalue weighted by atomic mass is 10.0. The van der Waals surface area contributed by atoms with Crippen molar-refractivity contribution in [3.05, 3.63) is 22.4 Å². The summed E-state index contributed by atoms with van der Waals surface area (Å²) in [5.74, 6) is 0. The summed E-state index contributed by atoms with van der Waals surface area (Å²) in [6, 6.07) is 5.01. The first-order chi connectivity index (χ1) is 8.76. The number of thiophene rings is 1. The quantitative estimate of drug-likeness (QED) is 0.696. The highest BCUT2D eigenvalue weighted by molar-refractivity contribution is 7.09. The smallest absolute Gasteiger partial charge is 0.0543 e. The zero-order chi connectivity index (χ0) is 13.2. The van der Waals surface area contributed by atoms with Crippen molar-refractivity contribution in [3.8, 4) is 0 Å². The topological polar surface area (TPSA) is 21.3 Å². The van der Waals surface area contributed by atoms with Crippen LogP contribution in [-0.2, 0) is 11.2 Å². The summed E-state index contributed by atoms with van der Waals surface area (Å²) >= 11 is 1.87. The van der Waals surface area contributed by atoms with Gasteiger partial charge in [-0.05, 0) is 57.0 Å². The van der Waals surface area contributed by atoms with Crippen LogP contribution in [0.5, 0.6) is 0 Å². The molecule has 1 aromatic rings. The van der Waals surface area contributed by atoms with Gasteiger partial charge in [-0.1, -0.05) is 13.0 Å². The number of hydrogen-bond acceptors (Lipinski definition) is 3. The molecule has 0 bridgehead atoms. The predicted octanol–water partition coefficient (Wildman–Crippen LogP) is 3.86. The van der Waals surface area contributed by atoms with Crippen molar-refractivity contribution in [1.82, 2.24) is 5.32 Å². The van der Waals surface area contributed by atoms with E-state index in [0.29, 0.717) is 12.1 Å². The minimum Gasteiger partial charge on any atom is -0.382 e. The van der Waals surface area contributed by atoms with Crippen LogP contribution < -0.4 is 5.32 Å². The van der Waals surface area contributed by atoms with Gasteiger partial charge in [-0.2, -0.15) is 0 Å². The monoisotopic (exact) mass is 269 g/mol. The van der Waals surface area contributed by atoms with Crippen LogP contribution in [-0.4, -0.2) is 25.8 Å². The molecule has 2 unspecified atom stereocenters. The van der Waals surface area contributed by atoms with Gasteiger partial charge in [0.2, 0.25) is 0 Å². The summed E-state index contributed by atoms with van der Waals surface area (Å²) in [4.78, 5) is 1.50. The van der Waals surface area contributed by atoms with Gasteiger partial charge in [0, 0.05) is 18.0 Å². The standard InChI is InChI=1S/C15H27NOS/c1-4-11-16-14(8-7-13(2)17-3)9-10-15-6-5-12-18-15/h5-6,12-14,16H,4,7-11H2,1-3H3. The first kappa shape index (κ1) is 15.7. The van der Waals surface area contributed by atoms with Gasteiger partial charge in [0.1, 0.15) is 0 Å². The lowest BCUT2D eigenvalue weighted by Crippen LogP contribution is -2.31. The van der Waals surface area contributed by atoms with Gasteiger partial charge in [0.05, 0.1) is 6.10 Å². The Balaban J connectivity index is 2.29. The van der Waals surface area contributed by atoms with Gasteiger partial charge >= 0.3 is 0 Å². The van der Waals surface area contributed by atoms with Crippen molar-refractivity contribution in [1.29, 1.82) is 0 Å². The zero-order valence-electron chi connectivity index (χ0n) is 11.9. The summed E-state index contributed by atoms with van der Waals surface area (Å²) < 4.78 is 5.33. The molecule has 0 aromatic carbocycles. The van der Waals surface area contributed by atoms with E-state index in [4.69, 9.17) is 4.74 Å². The van der Waals surface area contributed by atoms with Gasteiger partial charge in [0.15, 0.2) is 0 Å². The molecule has 1 heterocycles. The summed E-state index contributed by atoms with van der Waals surface area (Å²) in [5.41, 5.74) is 0. The Morgan fingerprint density at radius 2 is 2.17 bits per heavy atom. The third-order valence-electron chi connectivity index (χ3n) is 3.33. The van der Waals surface area contributed by atoms with Gasteiger partial charge in [0.25, 0.3) is 0 Å². The first-order valence-corrected chi connectivity index (χ1v) is 7.92. The van der Waals surface area contributed by atoms with Crippen LogP contribution >= 0.6 is 11.3 Å². The fourth-order valence-electron chi connectivity index (χ4n) is 2.02. The Hall–Kier alpha value is -0.380. The normalized spacial score (nSPS) is 14.6. The molecule has 104 valence electrons. The van der Waals surface area contributed by atoms with E-state index in [-0.39, 0.29) is 0 Å². The molecule has 0 saturated carbocycles. The fraction of sp³-hybridized carbons (Fsp3) is 0.733. The largest absolute Gasteiger partial charge is 0.382 e. The summed E-state index contributed by atoms with van der Waals surface area (Å²) in [6.07, 6.45) is 6.35. The van der Waals surface area contributed by atoms with Crippen LogP contribution in [0.4, 0.5) is 0 Å². The second-order valence-electron chi connectivity index (χ2n) is 4.89. The summed E-state index contributed by atoms with van der Waals surface area (Å²) in [6.45, 7) is 5.49. The summed E-state index contributed by atoms with van der Waals surface area (Å²) in [5, 5.41) is 5.82. The van der Waals surface area contributed by atoms with Gasteiger partial charge in [-0.3, -0.25) is 0 Å². The van der Waals surface area contributed by atoms with Crippen molar-refractivity contribution in [2.45, 2.75) is 58.1 Å². The van der Waals surface area contributed by atoms with Crippen molar-refractivity contribution in [2.75, 3.05) is 13.7 Å². The van der Waals surface area contributed by atoms with E-state index in [1.807, 2.05) is 11.3 Å². The molecule has 0 spiro atoms. The predicted molar refractivity (Wildman–Crippen MR) is 80.4 cm³/mol. The number of methoxy groups -OCH3 is 1. The van der Waals surface area contributed by atoms with Crippen LogP contribution in [0.15, 0.2) is 17.5 Å². The lowest BCUT2D eigenvalue weighted by Gasteiger charge is -2.20. The minimum absolute atomic E-state index is 0.373. The van der Waals surface area contributed by atoms with E-state index < -0.39 is 0 Å². The minimum atomic E-state index is 0.373. The first-order valence-electron chi connectivity index (χ1n) is 7.04. The molecule has 18 heavy (non-hydrogen) atoms. The molecule has 0 aliphatic rings. The third-order valence-corrected chi connectivity index (χ3v) is 4.26. The van der Waals surface area contributed by atoms with E-state index in [9.17, 15) is 0 Å². The van der Waals surface area contributed by atoms with Gasteiger partial charge in [-0.25, -0.2) is 0 Å². The van der Waals surface area contributed by atoms with Crippen molar-refractivity contribution in [3.63, 3.8) is 0 Å². The number of ether oxygens (including phenoxy) is 1. The van der Waals surface area contributed by atoms with Crippen LogP contribution in [0.1, 0.15) is 44.4 Å². The Kier molecular flexibility index (Phi) is 8.31.